The number of rotatable bonds is 4. The van der Waals surface area contributed by atoms with Crippen LogP contribution in [0, 0.1) is 0 Å². The van der Waals surface area contributed by atoms with Crippen LogP contribution in [0.2, 0.25) is 36.3 Å². The Labute approximate surface area is 158 Å². The Bertz CT molecular complexity index is 421. The van der Waals surface area contributed by atoms with Crippen molar-refractivity contribution in [2.45, 2.75) is 128 Å². The van der Waals surface area contributed by atoms with E-state index in [-0.39, 0.29) is 10.1 Å². The zero-order chi connectivity index (χ0) is 19.3. The SMILES string of the molecule is CC(C)(C)[Si](C)(C)O[C@@H]1CC[C@H](O[Si](C)(C)C(C)(C)C)C[C@@H]2O[C@@H]2C1. The molecule has 1 saturated heterocycles. The lowest BCUT2D eigenvalue weighted by Gasteiger charge is -2.41. The normalized spacial score (nSPS) is 31.9. The average molecular weight is 387 g/mol. The van der Waals surface area contributed by atoms with Gasteiger partial charge < -0.3 is 13.6 Å². The number of hydrogen-bond acceptors (Lipinski definition) is 3. The first kappa shape index (κ1) is 21.6. The van der Waals surface area contributed by atoms with Crippen molar-refractivity contribution in [3.8, 4) is 0 Å². The highest BCUT2D eigenvalue weighted by Gasteiger charge is 2.48. The molecule has 2 aliphatic rings. The minimum absolute atomic E-state index is 0.260. The van der Waals surface area contributed by atoms with Crippen LogP contribution in [0.15, 0.2) is 0 Å². The van der Waals surface area contributed by atoms with Gasteiger partial charge in [0.1, 0.15) is 0 Å². The minimum atomic E-state index is -1.73. The number of epoxide rings is 1. The van der Waals surface area contributed by atoms with Gasteiger partial charge in [0.05, 0.1) is 12.2 Å². The zero-order valence-corrected chi connectivity index (χ0v) is 20.4. The molecule has 0 amide bonds. The predicted octanol–water partition coefficient (Wildman–Crippen LogP) is 6.11. The van der Waals surface area contributed by atoms with E-state index < -0.39 is 16.6 Å². The third-order valence-electron chi connectivity index (χ3n) is 7.02. The smallest absolute Gasteiger partial charge is 0.192 e. The molecule has 5 heteroatoms. The van der Waals surface area contributed by atoms with Crippen molar-refractivity contribution >= 4 is 16.6 Å². The van der Waals surface area contributed by atoms with Crippen LogP contribution < -0.4 is 0 Å². The summed E-state index contributed by atoms with van der Waals surface area (Å²) < 4.78 is 19.4. The largest absolute Gasteiger partial charge is 0.414 e. The van der Waals surface area contributed by atoms with E-state index in [0.29, 0.717) is 24.4 Å². The van der Waals surface area contributed by atoms with E-state index in [1.165, 1.54) is 0 Å². The summed E-state index contributed by atoms with van der Waals surface area (Å²) in [5.41, 5.74) is 0. The minimum Gasteiger partial charge on any atom is -0.414 e. The Morgan fingerprint density at radius 1 is 0.680 bits per heavy atom. The molecule has 0 spiro atoms. The van der Waals surface area contributed by atoms with Crippen LogP contribution in [-0.4, -0.2) is 41.1 Å². The first-order chi connectivity index (χ1) is 11.1. The number of hydrogen-bond donors (Lipinski definition) is 0. The number of ether oxygens (including phenoxy) is 1. The summed E-state index contributed by atoms with van der Waals surface area (Å²) in [6.07, 6.45) is 5.84. The van der Waals surface area contributed by atoms with Crippen LogP contribution in [0.3, 0.4) is 0 Å². The average Bonchev–Trinajstić information content (AvgIpc) is 3.07. The van der Waals surface area contributed by atoms with Crippen LogP contribution in [-0.2, 0) is 13.6 Å². The van der Waals surface area contributed by atoms with Gasteiger partial charge >= 0.3 is 0 Å². The molecular weight excluding hydrogens is 344 g/mol. The monoisotopic (exact) mass is 386 g/mol. The maximum Gasteiger partial charge on any atom is 0.192 e. The van der Waals surface area contributed by atoms with Crippen molar-refractivity contribution in [1.82, 2.24) is 0 Å². The second-order valence-corrected chi connectivity index (χ2v) is 20.8. The van der Waals surface area contributed by atoms with Crippen LogP contribution in [0.1, 0.15) is 67.2 Å². The van der Waals surface area contributed by atoms with E-state index >= 15 is 0 Å². The molecule has 0 radical (unpaired) electrons. The van der Waals surface area contributed by atoms with Crippen molar-refractivity contribution in [3.05, 3.63) is 0 Å². The van der Waals surface area contributed by atoms with Crippen molar-refractivity contribution < 1.29 is 13.6 Å². The van der Waals surface area contributed by atoms with Gasteiger partial charge in [-0.2, -0.15) is 0 Å². The first-order valence-electron chi connectivity index (χ1n) is 10.1. The number of fused-ring (bicyclic) bond motifs is 1. The molecule has 1 saturated carbocycles. The van der Waals surface area contributed by atoms with Crippen LogP contribution >= 0.6 is 0 Å². The van der Waals surface area contributed by atoms with E-state index in [1.807, 2.05) is 0 Å². The van der Waals surface area contributed by atoms with E-state index in [9.17, 15) is 0 Å². The maximum absolute atomic E-state index is 6.74. The summed E-state index contributed by atoms with van der Waals surface area (Å²) in [5, 5.41) is 0.520. The summed E-state index contributed by atoms with van der Waals surface area (Å²) in [4.78, 5) is 0. The molecule has 1 heterocycles. The lowest BCUT2D eigenvalue weighted by atomic mass is 9.97. The second-order valence-electron chi connectivity index (χ2n) is 11.3. The molecule has 4 atom stereocenters. The van der Waals surface area contributed by atoms with E-state index in [4.69, 9.17) is 13.6 Å². The third-order valence-corrected chi connectivity index (χ3v) is 16.1. The van der Waals surface area contributed by atoms with Gasteiger partial charge in [0.25, 0.3) is 0 Å². The highest BCUT2D eigenvalue weighted by atomic mass is 28.4. The van der Waals surface area contributed by atoms with Crippen LogP contribution in [0.25, 0.3) is 0 Å². The molecule has 0 aromatic rings. The highest BCUT2D eigenvalue weighted by molar-refractivity contribution is 6.74. The van der Waals surface area contributed by atoms with Gasteiger partial charge in [0, 0.05) is 25.0 Å². The van der Waals surface area contributed by atoms with E-state index in [0.717, 1.165) is 25.7 Å². The molecule has 0 N–H and O–H groups in total. The van der Waals surface area contributed by atoms with Gasteiger partial charge in [-0.05, 0) is 49.1 Å². The van der Waals surface area contributed by atoms with Gasteiger partial charge in [-0.25, -0.2) is 0 Å². The van der Waals surface area contributed by atoms with Crippen LogP contribution in [0.5, 0.6) is 0 Å². The van der Waals surface area contributed by atoms with Crippen molar-refractivity contribution in [1.29, 1.82) is 0 Å². The lowest BCUT2D eigenvalue weighted by Crippen LogP contribution is -2.46. The van der Waals surface area contributed by atoms with E-state index in [2.05, 4.69) is 67.7 Å². The Morgan fingerprint density at radius 3 is 1.28 bits per heavy atom. The first-order valence-corrected chi connectivity index (χ1v) is 16.0. The summed E-state index contributed by atoms with van der Waals surface area (Å²) in [5.74, 6) is 0. The lowest BCUT2D eigenvalue weighted by molar-refractivity contribution is 0.105. The topological polar surface area (TPSA) is 31.0 Å². The van der Waals surface area contributed by atoms with Gasteiger partial charge in [0.15, 0.2) is 16.6 Å². The van der Waals surface area contributed by atoms with Crippen LogP contribution in [0.4, 0.5) is 0 Å². The summed E-state index contributed by atoms with van der Waals surface area (Å²) in [6.45, 7) is 23.4. The Balaban J connectivity index is 2.01. The molecule has 0 bridgehead atoms. The van der Waals surface area contributed by atoms with Crippen molar-refractivity contribution in [3.63, 3.8) is 0 Å². The fourth-order valence-electron chi connectivity index (χ4n) is 3.12. The standard InChI is InChI=1S/C20H42O3Si2/c1-19(2,3)24(7,8)22-15-11-12-16(14-18-17(13-15)21-18)23-25(9,10)20(4,5)6/h15-18H,11-14H2,1-10H3/t15-,16+,17-,18+. The molecule has 0 aromatic heterocycles. The van der Waals surface area contributed by atoms with Gasteiger partial charge in [-0.15, -0.1) is 0 Å². The molecule has 1 aliphatic heterocycles. The Hall–Kier alpha value is 0.314. The quantitative estimate of drug-likeness (QED) is 0.431. The zero-order valence-electron chi connectivity index (χ0n) is 18.4. The molecule has 1 aliphatic carbocycles. The molecule has 3 nitrogen and oxygen atoms in total. The maximum atomic E-state index is 6.74. The molecule has 25 heavy (non-hydrogen) atoms. The van der Waals surface area contributed by atoms with Gasteiger partial charge in [-0.3, -0.25) is 0 Å². The highest BCUT2D eigenvalue weighted by Crippen LogP contribution is 2.43. The second kappa shape index (κ2) is 7.04. The van der Waals surface area contributed by atoms with E-state index in [1.54, 1.807) is 0 Å². The molecule has 0 aromatic carbocycles. The van der Waals surface area contributed by atoms with Crippen molar-refractivity contribution in [2.24, 2.45) is 0 Å². The third kappa shape index (κ3) is 5.41. The summed E-state index contributed by atoms with van der Waals surface area (Å²) in [6, 6.07) is 0. The van der Waals surface area contributed by atoms with Crippen molar-refractivity contribution in [2.75, 3.05) is 0 Å². The molecule has 148 valence electrons. The van der Waals surface area contributed by atoms with Gasteiger partial charge in [-0.1, -0.05) is 41.5 Å². The molecule has 2 fully saturated rings. The predicted molar refractivity (Wildman–Crippen MR) is 111 cm³/mol. The van der Waals surface area contributed by atoms with Gasteiger partial charge in [0.2, 0.25) is 0 Å². The summed E-state index contributed by atoms with van der Waals surface area (Å²) in [7, 11) is -3.46. The fourth-order valence-corrected chi connectivity index (χ4v) is 5.92. The fraction of sp³-hybridized carbons (Fsp3) is 1.00. The molecule has 2 rings (SSSR count). The Morgan fingerprint density at radius 2 is 1.00 bits per heavy atom. The Kier molecular flexibility index (Phi) is 6.09. The molecular formula is C20H42O3Si2. The summed E-state index contributed by atoms with van der Waals surface area (Å²) >= 11 is 0. The molecule has 0 unspecified atom stereocenters.